The lowest BCUT2D eigenvalue weighted by Gasteiger charge is -2.16. The van der Waals surface area contributed by atoms with E-state index in [1.807, 2.05) is 18.2 Å². The van der Waals surface area contributed by atoms with Crippen molar-refractivity contribution < 1.29 is 20.4 Å². The highest BCUT2D eigenvalue weighted by Gasteiger charge is 2.13. The van der Waals surface area contributed by atoms with Crippen LogP contribution < -0.4 is 0 Å². The maximum absolute atomic E-state index is 10.1. The molecule has 0 spiro atoms. The van der Waals surface area contributed by atoms with Crippen LogP contribution in [-0.4, -0.2) is 64.8 Å². The van der Waals surface area contributed by atoms with E-state index in [-0.39, 0.29) is 0 Å². The number of aliphatic hydroxyl groups excluding tert-OH is 4. The fourth-order valence-corrected chi connectivity index (χ4v) is 2.96. The second kappa shape index (κ2) is 11.9. The third kappa shape index (κ3) is 8.43. The Morgan fingerprint density at radius 3 is 2.00 bits per heavy atom. The Labute approximate surface area is 165 Å². The van der Waals surface area contributed by atoms with E-state index in [2.05, 4.69) is 15.3 Å². The molecule has 0 aliphatic heterocycles. The quantitative estimate of drug-likeness (QED) is 0.407. The van der Waals surface area contributed by atoms with Gasteiger partial charge in [-0.3, -0.25) is 9.67 Å². The summed E-state index contributed by atoms with van der Waals surface area (Å²) in [4.78, 5) is 4.23. The molecule has 0 saturated carbocycles. The topological polar surface area (TPSA) is 125 Å². The lowest BCUT2D eigenvalue weighted by Crippen LogP contribution is -2.18. The molecule has 0 fully saturated rings. The molecule has 4 unspecified atom stereocenters. The van der Waals surface area contributed by atoms with Crippen molar-refractivity contribution in [2.24, 2.45) is 0 Å². The van der Waals surface area contributed by atoms with Gasteiger partial charge in [-0.25, -0.2) is 0 Å². The minimum atomic E-state index is -0.544. The Kier molecular flexibility index (Phi) is 9.49. The van der Waals surface area contributed by atoms with Gasteiger partial charge in [0, 0.05) is 12.7 Å². The van der Waals surface area contributed by atoms with Crippen LogP contribution in [0, 0.1) is 0 Å². The number of aliphatic hydroxyl groups is 4. The van der Waals surface area contributed by atoms with Crippen molar-refractivity contribution in [3.63, 3.8) is 0 Å². The van der Waals surface area contributed by atoms with E-state index in [4.69, 9.17) is 0 Å². The number of nitrogens with zero attached hydrogens (tertiary/aromatic N) is 4. The van der Waals surface area contributed by atoms with Crippen molar-refractivity contribution in [3.8, 4) is 11.4 Å². The van der Waals surface area contributed by atoms with Crippen molar-refractivity contribution in [1.29, 1.82) is 0 Å². The summed E-state index contributed by atoms with van der Waals surface area (Å²) in [5.74, 6) is 0. The Bertz CT molecular complexity index is 665. The van der Waals surface area contributed by atoms with Crippen molar-refractivity contribution >= 4 is 0 Å². The molecule has 2 aromatic heterocycles. The van der Waals surface area contributed by atoms with Crippen LogP contribution in [0.3, 0.4) is 0 Å². The average Bonchev–Trinajstić information content (AvgIpc) is 3.17. The van der Waals surface area contributed by atoms with Gasteiger partial charge in [0.1, 0.15) is 5.69 Å². The molecule has 0 aromatic carbocycles. The van der Waals surface area contributed by atoms with Gasteiger partial charge >= 0.3 is 0 Å². The Morgan fingerprint density at radius 1 is 0.821 bits per heavy atom. The van der Waals surface area contributed by atoms with Crippen molar-refractivity contribution in [3.05, 3.63) is 30.6 Å². The minimum Gasteiger partial charge on any atom is -0.393 e. The summed E-state index contributed by atoms with van der Waals surface area (Å²) >= 11 is 0. The largest absolute Gasteiger partial charge is 0.393 e. The molecule has 2 rings (SSSR count). The molecule has 4 atom stereocenters. The molecule has 2 heterocycles. The summed E-state index contributed by atoms with van der Waals surface area (Å²) in [6.45, 7) is 2.23. The molecule has 0 saturated heterocycles. The fraction of sp³-hybridized carbons (Fsp3) is 0.650. The molecule has 0 aliphatic carbocycles. The first-order valence-corrected chi connectivity index (χ1v) is 9.98. The predicted octanol–water partition coefficient (Wildman–Crippen LogP) is 1.53. The molecular weight excluding hydrogens is 360 g/mol. The van der Waals surface area contributed by atoms with E-state index >= 15 is 0 Å². The van der Waals surface area contributed by atoms with E-state index in [0.29, 0.717) is 57.2 Å². The molecule has 28 heavy (non-hydrogen) atoms. The van der Waals surface area contributed by atoms with Crippen LogP contribution >= 0.6 is 0 Å². The highest BCUT2D eigenvalue weighted by atomic mass is 16.3. The zero-order valence-corrected chi connectivity index (χ0v) is 16.4. The average molecular weight is 393 g/mol. The number of aryl methyl sites for hydroxylation is 1. The standard InChI is InChI=1S/C20H32N4O4/c1-15(25)5-6-16(26)7-8-17(27)9-10-18(28)11-13-24-14-20(22-23-24)19-4-2-3-12-21-19/h2-4,12,14-18,25-28H,5-11,13H2,1H3. The second-order valence-corrected chi connectivity index (χ2v) is 7.41. The third-order valence-corrected chi connectivity index (χ3v) is 4.74. The van der Waals surface area contributed by atoms with Gasteiger partial charge in [-0.1, -0.05) is 11.3 Å². The first-order chi connectivity index (χ1) is 13.4. The molecule has 0 aliphatic rings. The van der Waals surface area contributed by atoms with E-state index in [1.54, 1.807) is 24.0 Å². The number of pyridine rings is 1. The van der Waals surface area contributed by atoms with Crippen LogP contribution in [-0.2, 0) is 6.54 Å². The summed E-state index contributed by atoms with van der Waals surface area (Å²) in [5.41, 5.74) is 1.45. The normalized spacial score (nSPS) is 15.9. The lowest BCUT2D eigenvalue weighted by molar-refractivity contribution is 0.0757. The third-order valence-electron chi connectivity index (χ3n) is 4.74. The molecule has 2 aromatic rings. The summed E-state index contributed by atoms with van der Waals surface area (Å²) in [7, 11) is 0. The van der Waals surface area contributed by atoms with E-state index in [1.165, 1.54) is 0 Å². The van der Waals surface area contributed by atoms with Gasteiger partial charge in [-0.15, -0.1) is 5.10 Å². The highest BCUT2D eigenvalue weighted by Crippen LogP contribution is 2.15. The number of hydrogen-bond donors (Lipinski definition) is 4. The maximum atomic E-state index is 10.1. The summed E-state index contributed by atoms with van der Waals surface area (Å²) < 4.78 is 1.68. The van der Waals surface area contributed by atoms with Gasteiger partial charge < -0.3 is 20.4 Å². The number of rotatable bonds is 13. The van der Waals surface area contributed by atoms with E-state index < -0.39 is 24.4 Å². The zero-order valence-electron chi connectivity index (χ0n) is 16.4. The minimum absolute atomic E-state index is 0.417. The molecule has 4 N–H and O–H groups in total. The molecule has 0 bridgehead atoms. The van der Waals surface area contributed by atoms with Gasteiger partial charge in [0.15, 0.2) is 0 Å². The fourth-order valence-electron chi connectivity index (χ4n) is 2.96. The molecule has 0 radical (unpaired) electrons. The number of aromatic nitrogens is 4. The van der Waals surface area contributed by atoms with Crippen molar-refractivity contribution in [1.82, 2.24) is 20.0 Å². The van der Waals surface area contributed by atoms with Crippen LogP contribution in [0.1, 0.15) is 51.9 Å². The Morgan fingerprint density at radius 2 is 1.43 bits per heavy atom. The van der Waals surface area contributed by atoms with Gasteiger partial charge in [-0.2, -0.15) is 0 Å². The van der Waals surface area contributed by atoms with Gasteiger partial charge in [0.2, 0.25) is 0 Å². The van der Waals surface area contributed by atoms with Gasteiger partial charge in [0.25, 0.3) is 0 Å². The number of hydrogen-bond acceptors (Lipinski definition) is 7. The lowest BCUT2D eigenvalue weighted by atomic mass is 10.0. The molecule has 8 nitrogen and oxygen atoms in total. The first-order valence-electron chi connectivity index (χ1n) is 9.98. The molecule has 156 valence electrons. The van der Waals surface area contributed by atoms with Crippen LogP contribution in [0.2, 0.25) is 0 Å². The van der Waals surface area contributed by atoms with Gasteiger partial charge in [-0.05, 0) is 64.0 Å². The summed E-state index contributed by atoms with van der Waals surface area (Å²) in [5, 5.41) is 47.4. The van der Waals surface area contributed by atoms with Crippen LogP contribution in [0.25, 0.3) is 11.4 Å². The SMILES string of the molecule is CC(O)CCC(O)CCC(O)CCC(O)CCn1cc(-c2ccccn2)nn1. The molecule has 8 heteroatoms. The Hall–Kier alpha value is -1.87. The predicted molar refractivity (Wildman–Crippen MR) is 105 cm³/mol. The summed E-state index contributed by atoms with van der Waals surface area (Å²) in [6, 6.07) is 5.60. The highest BCUT2D eigenvalue weighted by molar-refractivity contribution is 5.51. The molecule has 0 amide bonds. The maximum Gasteiger partial charge on any atom is 0.131 e. The van der Waals surface area contributed by atoms with Crippen molar-refractivity contribution in [2.75, 3.05) is 0 Å². The first kappa shape index (κ1) is 22.4. The molecular formula is C20H32N4O4. The van der Waals surface area contributed by atoms with Crippen molar-refractivity contribution in [2.45, 2.75) is 82.8 Å². The monoisotopic (exact) mass is 392 g/mol. The van der Waals surface area contributed by atoms with E-state index in [9.17, 15) is 20.4 Å². The van der Waals surface area contributed by atoms with Crippen LogP contribution in [0.15, 0.2) is 30.6 Å². The Balaban J connectivity index is 1.62. The van der Waals surface area contributed by atoms with E-state index in [0.717, 1.165) is 5.69 Å². The van der Waals surface area contributed by atoms with Crippen LogP contribution in [0.4, 0.5) is 0 Å². The van der Waals surface area contributed by atoms with Crippen LogP contribution in [0.5, 0.6) is 0 Å². The second-order valence-electron chi connectivity index (χ2n) is 7.41. The zero-order chi connectivity index (χ0) is 20.4. The smallest absolute Gasteiger partial charge is 0.131 e. The van der Waals surface area contributed by atoms with Gasteiger partial charge in [0.05, 0.1) is 36.3 Å². The summed E-state index contributed by atoms with van der Waals surface area (Å²) in [6.07, 6.45) is 5.09.